The van der Waals surface area contributed by atoms with Crippen LogP contribution in [-0.2, 0) is 20.5 Å². The number of hydrogen-bond acceptors (Lipinski definition) is 4. The summed E-state index contributed by atoms with van der Waals surface area (Å²) in [5.74, 6) is 1.08. The standard InChI is InChI=1S/C31H42O4Si/c1-25(30(33-6)21-22-34-24-26-17-19-27(32-5)20-18-26)23-35-36(31(2,3)4,28-13-9-7-10-14-28)29-15-11-8-12-16-29/h7-20,25,30H,21-24H2,1-6H3/t25-,30-/m0/s1. The van der Waals surface area contributed by atoms with Crippen molar-refractivity contribution in [1.29, 1.82) is 0 Å². The van der Waals surface area contributed by atoms with Crippen LogP contribution in [0.15, 0.2) is 84.9 Å². The molecule has 0 fully saturated rings. The number of hydrogen-bond donors (Lipinski definition) is 0. The molecule has 0 saturated carbocycles. The summed E-state index contributed by atoms with van der Waals surface area (Å²) in [4.78, 5) is 0. The minimum Gasteiger partial charge on any atom is -0.497 e. The summed E-state index contributed by atoms with van der Waals surface area (Å²) in [6.45, 7) is 11.0. The molecule has 0 aliphatic carbocycles. The van der Waals surface area contributed by atoms with Gasteiger partial charge in [0.25, 0.3) is 8.32 Å². The molecule has 0 aliphatic heterocycles. The average Bonchev–Trinajstić information content (AvgIpc) is 2.90. The van der Waals surface area contributed by atoms with Crippen molar-refractivity contribution in [2.75, 3.05) is 27.4 Å². The van der Waals surface area contributed by atoms with Crippen LogP contribution in [0.4, 0.5) is 0 Å². The lowest BCUT2D eigenvalue weighted by molar-refractivity contribution is 0.00470. The van der Waals surface area contributed by atoms with Crippen molar-refractivity contribution in [1.82, 2.24) is 0 Å². The van der Waals surface area contributed by atoms with Crippen LogP contribution in [-0.4, -0.2) is 41.9 Å². The van der Waals surface area contributed by atoms with E-state index in [1.54, 1.807) is 14.2 Å². The SMILES string of the molecule is COc1ccc(COCC[C@H](OC)[C@@H](C)CO[Si](c2ccccc2)(c2ccccc2)C(C)(C)C)cc1. The fourth-order valence-corrected chi connectivity index (χ4v) is 9.54. The third-order valence-electron chi connectivity index (χ3n) is 6.89. The van der Waals surface area contributed by atoms with E-state index in [9.17, 15) is 0 Å². The van der Waals surface area contributed by atoms with Crippen LogP contribution in [0.3, 0.4) is 0 Å². The fraction of sp³-hybridized carbons (Fsp3) is 0.419. The molecule has 0 heterocycles. The van der Waals surface area contributed by atoms with Crippen LogP contribution in [0.1, 0.15) is 39.7 Å². The van der Waals surface area contributed by atoms with Gasteiger partial charge in [-0.1, -0.05) is 100 Å². The van der Waals surface area contributed by atoms with E-state index in [0.717, 1.165) is 17.7 Å². The van der Waals surface area contributed by atoms with Gasteiger partial charge in [-0.2, -0.15) is 0 Å². The van der Waals surface area contributed by atoms with Gasteiger partial charge < -0.3 is 18.6 Å². The molecule has 3 rings (SSSR count). The van der Waals surface area contributed by atoms with E-state index in [4.69, 9.17) is 18.6 Å². The van der Waals surface area contributed by atoms with Crippen molar-refractivity contribution >= 4 is 18.7 Å². The van der Waals surface area contributed by atoms with Gasteiger partial charge in [-0.25, -0.2) is 0 Å². The van der Waals surface area contributed by atoms with Gasteiger partial charge in [0.15, 0.2) is 0 Å². The van der Waals surface area contributed by atoms with Crippen LogP contribution < -0.4 is 15.1 Å². The molecule has 194 valence electrons. The molecule has 0 N–H and O–H groups in total. The second-order valence-corrected chi connectivity index (χ2v) is 14.7. The zero-order chi connectivity index (χ0) is 26.0. The summed E-state index contributed by atoms with van der Waals surface area (Å²) in [5, 5.41) is 2.56. The molecule has 3 aromatic rings. The highest BCUT2D eigenvalue weighted by Crippen LogP contribution is 2.37. The predicted octanol–water partition coefficient (Wildman–Crippen LogP) is 5.83. The molecule has 0 spiro atoms. The van der Waals surface area contributed by atoms with Crippen molar-refractivity contribution in [2.45, 2.75) is 51.9 Å². The first-order valence-corrected chi connectivity index (χ1v) is 14.7. The molecule has 0 bridgehead atoms. The Morgan fingerprint density at radius 3 is 1.81 bits per heavy atom. The van der Waals surface area contributed by atoms with E-state index in [2.05, 4.69) is 88.4 Å². The monoisotopic (exact) mass is 506 g/mol. The Bertz CT molecular complexity index is 976. The van der Waals surface area contributed by atoms with Crippen molar-refractivity contribution in [3.8, 4) is 5.75 Å². The molecule has 0 aromatic heterocycles. The van der Waals surface area contributed by atoms with Gasteiger partial charge >= 0.3 is 0 Å². The number of ether oxygens (including phenoxy) is 3. The van der Waals surface area contributed by atoms with E-state index in [0.29, 0.717) is 19.8 Å². The maximum Gasteiger partial charge on any atom is 0.261 e. The zero-order valence-electron chi connectivity index (χ0n) is 22.7. The number of rotatable bonds is 13. The molecule has 2 atom stereocenters. The maximum atomic E-state index is 7.11. The molecule has 36 heavy (non-hydrogen) atoms. The molecule has 0 amide bonds. The quantitative estimate of drug-likeness (QED) is 0.216. The lowest BCUT2D eigenvalue weighted by Crippen LogP contribution is -2.67. The highest BCUT2D eigenvalue weighted by atomic mass is 28.4. The number of methoxy groups -OCH3 is 2. The third kappa shape index (κ3) is 6.86. The second kappa shape index (κ2) is 13.2. The minimum atomic E-state index is -2.56. The maximum absolute atomic E-state index is 7.11. The first kappa shape index (κ1) is 28.1. The Labute approximate surface area is 218 Å². The summed E-state index contributed by atoms with van der Waals surface area (Å²) in [5.41, 5.74) is 1.13. The Kier molecular flexibility index (Phi) is 10.3. The van der Waals surface area contributed by atoms with E-state index in [-0.39, 0.29) is 17.1 Å². The van der Waals surface area contributed by atoms with Crippen LogP contribution in [0.5, 0.6) is 5.75 Å². The van der Waals surface area contributed by atoms with Crippen molar-refractivity contribution in [3.63, 3.8) is 0 Å². The van der Waals surface area contributed by atoms with E-state index in [1.165, 1.54) is 10.4 Å². The number of benzene rings is 3. The summed E-state index contributed by atoms with van der Waals surface area (Å²) in [7, 11) is 0.903. The Morgan fingerprint density at radius 1 is 0.778 bits per heavy atom. The Morgan fingerprint density at radius 2 is 1.33 bits per heavy atom. The highest BCUT2D eigenvalue weighted by Gasteiger charge is 2.50. The molecular formula is C31H42O4Si. The Balaban J connectivity index is 1.68. The highest BCUT2D eigenvalue weighted by molar-refractivity contribution is 6.99. The average molecular weight is 507 g/mol. The molecule has 5 heteroatoms. The van der Waals surface area contributed by atoms with Crippen molar-refractivity contribution in [2.24, 2.45) is 5.92 Å². The molecule has 3 aromatic carbocycles. The predicted molar refractivity (Wildman–Crippen MR) is 151 cm³/mol. The van der Waals surface area contributed by atoms with Gasteiger partial charge in [0.05, 0.1) is 19.8 Å². The van der Waals surface area contributed by atoms with Crippen LogP contribution in [0.25, 0.3) is 0 Å². The van der Waals surface area contributed by atoms with Gasteiger partial charge in [0.1, 0.15) is 5.75 Å². The van der Waals surface area contributed by atoms with E-state index in [1.807, 2.05) is 24.3 Å². The first-order valence-electron chi connectivity index (χ1n) is 12.8. The summed E-state index contributed by atoms with van der Waals surface area (Å²) in [6, 6.07) is 29.6. The molecule has 0 saturated heterocycles. The van der Waals surface area contributed by atoms with Crippen LogP contribution >= 0.6 is 0 Å². The Hall–Kier alpha value is -2.44. The van der Waals surface area contributed by atoms with E-state index >= 15 is 0 Å². The largest absolute Gasteiger partial charge is 0.497 e. The first-order chi connectivity index (χ1) is 17.3. The van der Waals surface area contributed by atoms with Crippen molar-refractivity contribution in [3.05, 3.63) is 90.5 Å². The molecular weight excluding hydrogens is 464 g/mol. The lowest BCUT2D eigenvalue weighted by Gasteiger charge is -2.44. The fourth-order valence-electron chi connectivity index (χ4n) is 4.87. The zero-order valence-corrected chi connectivity index (χ0v) is 23.7. The van der Waals surface area contributed by atoms with Gasteiger partial charge in [-0.05, 0) is 39.5 Å². The van der Waals surface area contributed by atoms with Crippen LogP contribution in [0, 0.1) is 5.92 Å². The molecule has 0 aliphatic rings. The summed E-state index contributed by atoms with van der Waals surface area (Å²) < 4.78 is 24.2. The topological polar surface area (TPSA) is 36.9 Å². The molecule has 0 radical (unpaired) electrons. The van der Waals surface area contributed by atoms with Gasteiger partial charge in [0, 0.05) is 26.2 Å². The summed E-state index contributed by atoms with van der Waals surface area (Å²) in [6.07, 6.45) is 0.872. The van der Waals surface area contributed by atoms with Gasteiger partial charge in [-0.3, -0.25) is 0 Å². The van der Waals surface area contributed by atoms with Crippen molar-refractivity contribution < 1.29 is 18.6 Å². The van der Waals surface area contributed by atoms with E-state index < -0.39 is 8.32 Å². The molecule has 4 nitrogen and oxygen atoms in total. The molecule has 0 unspecified atom stereocenters. The van der Waals surface area contributed by atoms with Crippen LogP contribution in [0.2, 0.25) is 5.04 Å². The minimum absolute atomic E-state index is 0.0422. The third-order valence-corrected chi connectivity index (χ3v) is 11.9. The second-order valence-electron chi connectivity index (χ2n) is 10.4. The van der Waals surface area contributed by atoms with Gasteiger partial charge in [0.2, 0.25) is 0 Å². The normalized spacial score (nSPS) is 13.8. The smallest absolute Gasteiger partial charge is 0.261 e. The lowest BCUT2D eigenvalue weighted by atomic mass is 10.0. The summed E-state index contributed by atoms with van der Waals surface area (Å²) >= 11 is 0. The van der Waals surface area contributed by atoms with Gasteiger partial charge in [-0.15, -0.1) is 0 Å².